The molecular weight excluding hydrogens is 485 g/mol. The number of benzene rings is 2. The number of alkyl halides is 3. The first kappa shape index (κ1) is 22.5. The maximum atomic E-state index is 12.7. The van der Waals surface area contributed by atoms with E-state index < -0.39 is 48.0 Å². The van der Waals surface area contributed by atoms with Crippen LogP contribution in [-0.4, -0.2) is 36.2 Å². The molecule has 3 rings (SSSR count). The number of fused-ring (bicyclic) bond motifs is 1. The minimum absolute atomic E-state index is 0.122. The molecule has 2 amide bonds. The van der Waals surface area contributed by atoms with Crippen LogP contribution in [0.1, 0.15) is 22.8 Å². The Labute approximate surface area is 182 Å². The van der Waals surface area contributed by atoms with E-state index in [-0.39, 0.29) is 16.9 Å². The fraction of sp³-hybridized carbons (Fsp3) is 0.200. The van der Waals surface area contributed by atoms with Crippen LogP contribution in [-0.2, 0) is 25.3 Å². The zero-order valence-electron chi connectivity index (χ0n) is 15.8. The molecule has 2 aromatic rings. The number of halogens is 4. The second-order valence-electron chi connectivity index (χ2n) is 6.58. The lowest BCUT2D eigenvalue weighted by Gasteiger charge is -2.23. The molecule has 0 aromatic heterocycles. The van der Waals surface area contributed by atoms with Gasteiger partial charge in [-0.3, -0.25) is 19.3 Å². The molecule has 0 aliphatic carbocycles. The van der Waals surface area contributed by atoms with Crippen LogP contribution in [0.5, 0.6) is 0 Å². The van der Waals surface area contributed by atoms with Crippen molar-refractivity contribution in [1.82, 2.24) is 0 Å². The molecule has 162 valence electrons. The molecule has 0 fully saturated rings. The lowest BCUT2D eigenvalue weighted by molar-refractivity contribution is -0.148. The molecule has 0 radical (unpaired) electrons. The van der Waals surface area contributed by atoms with Crippen LogP contribution in [0.25, 0.3) is 0 Å². The van der Waals surface area contributed by atoms with Gasteiger partial charge in [-0.1, -0.05) is 22.0 Å². The molecule has 7 nitrogen and oxygen atoms in total. The minimum Gasteiger partial charge on any atom is -0.454 e. The fourth-order valence-electron chi connectivity index (χ4n) is 2.95. The third kappa shape index (κ3) is 4.76. The molecule has 0 bridgehead atoms. The largest absolute Gasteiger partial charge is 0.454 e. The maximum Gasteiger partial charge on any atom is 0.416 e. The van der Waals surface area contributed by atoms with Gasteiger partial charge in [0.05, 0.1) is 16.8 Å². The summed E-state index contributed by atoms with van der Waals surface area (Å²) < 4.78 is 43.7. The van der Waals surface area contributed by atoms with Crippen LogP contribution in [0.15, 0.2) is 46.9 Å². The third-order valence-corrected chi connectivity index (χ3v) is 4.92. The third-order valence-electron chi connectivity index (χ3n) is 4.42. The number of ketones is 1. The van der Waals surface area contributed by atoms with Gasteiger partial charge in [0.25, 0.3) is 17.6 Å². The number of rotatable bonds is 5. The van der Waals surface area contributed by atoms with Gasteiger partial charge >= 0.3 is 12.1 Å². The van der Waals surface area contributed by atoms with Gasteiger partial charge in [-0.25, -0.2) is 4.79 Å². The summed E-state index contributed by atoms with van der Waals surface area (Å²) in [6, 6.07) is 7.30. The standard InChI is InChI=1S/C20H14BrF3N2O5/c1-10(26-15-6-5-12(21)8-14(15)17(28)18(26)29)19(30)31-9-16(27)25-13-4-2-3-11(7-13)20(22,23)24/h2-8,10H,9H2,1H3,(H,25,27). The number of nitrogens with zero attached hydrogens (tertiary/aromatic N) is 1. The highest BCUT2D eigenvalue weighted by Crippen LogP contribution is 2.33. The van der Waals surface area contributed by atoms with Crippen molar-refractivity contribution in [3.05, 3.63) is 58.1 Å². The van der Waals surface area contributed by atoms with Crippen LogP contribution in [0.4, 0.5) is 24.5 Å². The number of Topliss-reactive ketones (excluding diaryl/α,β-unsaturated/α-hetero) is 1. The number of carbonyl (C=O) groups excluding carboxylic acids is 4. The fourth-order valence-corrected chi connectivity index (χ4v) is 3.31. The summed E-state index contributed by atoms with van der Waals surface area (Å²) >= 11 is 3.20. The van der Waals surface area contributed by atoms with E-state index in [1.54, 1.807) is 6.07 Å². The van der Waals surface area contributed by atoms with E-state index in [2.05, 4.69) is 21.2 Å². The lowest BCUT2D eigenvalue weighted by atomic mass is 10.1. The molecule has 1 unspecified atom stereocenters. The Morgan fingerprint density at radius 1 is 1.16 bits per heavy atom. The molecule has 31 heavy (non-hydrogen) atoms. The lowest BCUT2D eigenvalue weighted by Crippen LogP contribution is -2.44. The van der Waals surface area contributed by atoms with Crippen LogP contribution >= 0.6 is 15.9 Å². The normalized spacial score (nSPS) is 14.3. The van der Waals surface area contributed by atoms with Gasteiger partial charge in [-0.2, -0.15) is 13.2 Å². The van der Waals surface area contributed by atoms with Gasteiger partial charge in [-0.15, -0.1) is 0 Å². The van der Waals surface area contributed by atoms with E-state index in [9.17, 15) is 32.3 Å². The van der Waals surface area contributed by atoms with E-state index in [0.29, 0.717) is 4.47 Å². The molecule has 1 heterocycles. The van der Waals surface area contributed by atoms with E-state index in [0.717, 1.165) is 23.1 Å². The van der Waals surface area contributed by atoms with Crippen molar-refractivity contribution in [3.8, 4) is 0 Å². The predicted octanol–water partition coefficient (Wildman–Crippen LogP) is 3.57. The Morgan fingerprint density at radius 3 is 2.55 bits per heavy atom. The second-order valence-corrected chi connectivity index (χ2v) is 7.49. The van der Waals surface area contributed by atoms with Gasteiger partial charge in [0.1, 0.15) is 6.04 Å². The summed E-state index contributed by atoms with van der Waals surface area (Å²) in [5.74, 6) is -3.52. The van der Waals surface area contributed by atoms with E-state index in [4.69, 9.17) is 4.74 Å². The average molecular weight is 499 g/mol. The first-order chi connectivity index (χ1) is 14.5. The number of amides is 2. The monoisotopic (exact) mass is 498 g/mol. The molecule has 1 aliphatic heterocycles. The van der Waals surface area contributed by atoms with E-state index in [1.165, 1.54) is 25.1 Å². The highest BCUT2D eigenvalue weighted by atomic mass is 79.9. The first-order valence-electron chi connectivity index (χ1n) is 8.80. The number of carbonyl (C=O) groups is 4. The Morgan fingerprint density at radius 2 is 1.87 bits per heavy atom. The second kappa shape index (κ2) is 8.50. The smallest absolute Gasteiger partial charge is 0.416 e. The summed E-state index contributed by atoms with van der Waals surface area (Å²) in [5.41, 5.74) is -0.709. The maximum absolute atomic E-state index is 12.7. The highest BCUT2D eigenvalue weighted by molar-refractivity contribution is 9.10. The van der Waals surface area contributed by atoms with Crippen LogP contribution < -0.4 is 10.2 Å². The van der Waals surface area contributed by atoms with Gasteiger partial charge in [0.2, 0.25) is 0 Å². The Hall–Kier alpha value is -3.21. The Balaban J connectivity index is 1.63. The predicted molar refractivity (Wildman–Crippen MR) is 106 cm³/mol. The molecule has 0 spiro atoms. The number of nitrogens with one attached hydrogen (secondary N) is 1. The minimum atomic E-state index is -4.58. The molecule has 1 atom stereocenters. The number of anilines is 2. The Kier molecular flexibility index (Phi) is 6.16. The topological polar surface area (TPSA) is 92.8 Å². The summed E-state index contributed by atoms with van der Waals surface area (Å²) in [6.07, 6.45) is -4.58. The molecule has 1 N–H and O–H groups in total. The van der Waals surface area contributed by atoms with Crippen molar-refractivity contribution in [2.75, 3.05) is 16.8 Å². The first-order valence-corrected chi connectivity index (χ1v) is 9.59. The molecule has 2 aromatic carbocycles. The van der Waals surface area contributed by atoms with Crippen LogP contribution in [0.2, 0.25) is 0 Å². The van der Waals surface area contributed by atoms with Gasteiger partial charge in [0.15, 0.2) is 6.61 Å². The summed E-state index contributed by atoms with van der Waals surface area (Å²) in [7, 11) is 0. The van der Waals surface area contributed by atoms with Crippen molar-refractivity contribution in [2.24, 2.45) is 0 Å². The quantitative estimate of drug-likeness (QED) is 0.502. The Bertz CT molecular complexity index is 1090. The van der Waals surface area contributed by atoms with Gasteiger partial charge in [-0.05, 0) is 43.3 Å². The van der Waals surface area contributed by atoms with Crippen molar-refractivity contribution < 1.29 is 37.1 Å². The summed E-state index contributed by atoms with van der Waals surface area (Å²) in [5, 5.41) is 2.20. The van der Waals surface area contributed by atoms with Crippen LogP contribution in [0.3, 0.4) is 0 Å². The zero-order valence-corrected chi connectivity index (χ0v) is 17.4. The number of hydrogen-bond donors (Lipinski definition) is 1. The van der Waals surface area contributed by atoms with Crippen LogP contribution in [0, 0.1) is 0 Å². The van der Waals surface area contributed by atoms with Crippen molar-refractivity contribution in [2.45, 2.75) is 19.1 Å². The SMILES string of the molecule is CC(C(=O)OCC(=O)Nc1cccc(C(F)(F)F)c1)N1C(=O)C(=O)c2cc(Br)ccc21. The average Bonchev–Trinajstić information content (AvgIpc) is 2.95. The van der Waals surface area contributed by atoms with Crippen molar-refractivity contribution in [3.63, 3.8) is 0 Å². The molecule has 0 saturated carbocycles. The van der Waals surface area contributed by atoms with Crippen molar-refractivity contribution >= 4 is 50.9 Å². The number of ether oxygens (including phenoxy) is 1. The molecule has 1 aliphatic rings. The van der Waals surface area contributed by atoms with E-state index >= 15 is 0 Å². The van der Waals surface area contributed by atoms with Gasteiger partial charge in [0, 0.05) is 10.2 Å². The van der Waals surface area contributed by atoms with Crippen molar-refractivity contribution in [1.29, 1.82) is 0 Å². The van der Waals surface area contributed by atoms with Gasteiger partial charge < -0.3 is 10.1 Å². The highest BCUT2D eigenvalue weighted by Gasteiger charge is 2.41. The summed E-state index contributed by atoms with van der Waals surface area (Å²) in [6.45, 7) is 0.540. The molecule has 0 saturated heterocycles. The summed E-state index contributed by atoms with van der Waals surface area (Å²) in [4.78, 5) is 49.7. The molecular formula is C20H14BrF3N2O5. The number of hydrogen-bond acceptors (Lipinski definition) is 5. The molecule has 11 heteroatoms. The van der Waals surface area contributed by atoms with E-state index in [1.807, 2.05) is 0 Å². The zero-order chi connectivity index (χ0) is 22.9. The number of esters is 1.